The van der Waals surface area contributed by atoms with Crippen molar-refractivity contribution in [1.29, 1.82) is 0 Å². The van der Waals surface area contributed by atoms with Crippen LogP contribution in [0.25, 0.3) is 0 Å². The third-order valence-electron chi connectivity index (χ3n) is 2.86. The Bertz CT molecular complexity index is 574. The van der Waals surface area contributed by atoms with Gasteiger partial charge in [0.1, 0.15) is 0 Å². The first-order valence-corrected chi connectivity index (χ1v) is 6.28. The van der Waals surface area contributed by atoms with Gasteiger partial charge in [-0.1, -0.05) is 60.7 Å². The van der Waals surface area contributed by atoms with E-state index in [9.17, 15) is 4.79 Å². The highest BCUT2D eigenvalue weighted by molar-refractivity contribution is 5.76. The molecule has 2 unspecified atom stereocenters. The van der Waals surface area contributed by atoms with E-state index in [0.29, 0.717) is 12.1 Å². The maximum absolute atomic E-state index is 12.3. The lowest BCUT2D eigenvalue weighted by Gasteiger charge is -2.17. The van der Waals surface area contributed by atoms with Gasteiger partial charge in [-0.25, -0.2) is 0 Å². The van der Waals surface area contributed by atoms with E-state index in [1.54, 1.807) is 19.2 Å². The molecule has 0 fully saturated rings. The van der Waals surface area contributed by atoms with E-state index < -0.39 is 12.8 Å². The van der Waals surface area contributed by atoms with Gasteiger partial charge in [0.15, 0.2) is 0 Å². The van der Waals surface area contributed by atoms with Crippen LogP contribution < -0.4 is 0 Å². The second-order valence-corrected chi connectivity index (χ2v) is 4.42. The van der Waals surface area contributed by atoms with Gasteiger partial charge in [0.2, 0.25) is 5.91 Å². The van der Waals surface area contributed by atoms with Gasteiger partial charge in [-0.05, 0) is 17.5 Å². The Labute approximate surface area is 117 Å². The number of carbonyl (C=O) groups excluding carboxylic acids is 1. The molecule has 0 radical (unpaired) electrons. The van der Waals surface area contributed by atoms with Crippen LogP contribution in [0, 0.1) is 0 Å². The summed E-state index contributed by atoms with van der Waals surface area (Å²) in [5.41, 5.74) is 1.71. The number of aryl methyl sites for hydroxylation is 1. The predicted molar refractivity (Wildman–Crippen MR) is 77.7 cm³/mol. The molecule has 0 spiro atoms. The van der Waals surface area contributed by atoms with Crippen LogP contribution in [0.3, 0.4) is 0 Å². The van der Waals surface area contributed by atoms with Crippen LogP contribution in [0.4, 0.5) is 0 Å². The van der Waals surface area contributed by atoms with E-state index in [0.717, 1.165) is 5.56 Å². The van der Waals surface area contributed by atoms with Crippen LogP contribution in [-0.2, 0) is 17.7 Å². The van der Waals surface area contributed by atoms with Crippen molar-refractivity contribution in [3.8, 4) is 0 Å². The Hall–Kier alpha value is -2.09. The molecule has 2 aromatic carbocycles. The third-order valence-corrected chi connectivity index (χ3v) is 2.86. The average Bonchev–Trinajstić information content (AvgIpc) is 2.54. The van der Waals surface area contributed by atoms with Gasteiger partial charge in [-0.2, -0.15) is 0 Å². The summed E-state index contributed by atoms with van der Waals surface area (Å²) >= 11 is 0. The number of nitrogens with zero attached hydrogens (tertiary/aromatic N) is 1. The average molecular weight is 255 g/mol. The Morgan fingerprint density at radius 1 is 1.00 bits per heavy atom. The van der Waals surface area contributed by atoms with Gasteiger partial charge in [0.05, 0.1) is 0 Å². The van der Waals surface area contributed by atoms with Gasteiger partial charge < -0.3 is 4.90 Å². The van der Waals surface area contributed by atoms with Gasteiger partial charge in [0.25, 0.3) is 0 Å². The molecule has 0 aliphatic heterocycles. The van der Waals surface area contributed by atoms with Gasteiger partial charge in [-0.15, -0.1) is 0 Å². The molecule has 0 aromatic heterocycles. The zero-order chi connectivity index (χ0) is 15.2. The molecule has 2 nitrogen and oxygen atoms in total. The standard InChI is InChI=1S/C17H19NO/c1-18(14-16-10-6-3-7-11-16)17(19)13-12-15-8-4-2-5-9-15/h2-11H,12-14H2,1H3/i12D,13D. The quantitative estimate of drug-likeness (QED) is 0.803. The highest BCUT2D eigenvalue weighted by Gasteiger charge is 2.08. The summed E-state index contributed by atoms with van der Waals surface area (Å²) in [4.78, 5) is 13.8. The minimum absolute atomic E-state index is 0.331. The van der Waals surface area contributed by atoms with E-state index in [2.05, 4.69) is 0 Å². The first kappa shape index (κ1) is 10.8. The molecule has 1 amide bonds. The van der Waals surface area contributed by atoms with Crippen molar-refractivity contribution in [3.05, 3.63) is 71.8 Å². The first-order chi connectivity index (χ1) is 10.1. The van der Waals surface area contributed by atoms with E-state index >= 15 is 0 Å². The maximum Gasteiger partial charge on any atom is 0.222 e. The molecule has 19 heavy (non-hydrogen) atoms. The summed E-state index contributed by atoms with van der Waals surface area (Å²) < 4.78 is 16.1. The smallest absolute Gasteiger partial charge is 0.222 e. The summed E-state index contributed by atoms with van der Waals surface area (Å²) in [6.07, 6.45) is -1.97. The van der Waals surface area contributed by atoms with Crippen molar-refractivity contribution in [2.45, 2.75) is 19.3 Å². The van der Waals surface area contributed by atoms with Crippen molar-refractivity contribution < 1.29 is 7.54 Å². The summed E-state index contributed by atoms with van der Waals surface area (Å²) in [5, 5.41) is 0. The van der Waals surface area contributed by atoms with Crippen molar-refractivity contribution in [1.82, 2.24) is 4.90 Å². The zero-order valence-corrected chi connectivity index (χ0v) is 11.0. The normalized spacial score (nSPS) is 15.0. The highest BCUT2D eigenvalue weighted by atomic mass is 16.2. The van der Waals surface area contributed by atoms with Crippen LogP contribution in [0.2, 0.25) is 0 Å². The van der Waals surface area contributed by atoms with Crippen LogP contribution in [0.5, 0.6) is 0 Å². The van der Waals surface area contributed by atoms with Gasteiger partial charge >= 0.3 is 0 Å². The Balaban J connectivity index is 2.01. The van der Waals surface area contributed by atoms with Crippen molar-refractivity contribution >= 4 is 5.91 Å². The summed E-state index contributed by atoms with van der Waals surface area (Å²) in [7, 11) is 1.68. The molecule has 2 atom stereocenters. The molecule has 2 rings (SSSR count). The molecular weight excluding hydrogens is 234 g/mol. The molecule has 0 aliphatic rings. The van der Waals surface area contributed by atoms with E-state index in [1.165, 1.54) is 4.90 Å². The van der Waals surface area contributed by atoms with Crippen molar-refractivity contribution in [3.63, 3.8) is 0 Å². The van der Waals surface area contributed by atoms with Crippen LogP contribution in [0.15, 0.2) is 60.7 Å². The second kappa shape index (κ2) is 6.74. The fraction of sp³-hybridized carbons (Fsp3) is 0.235. The first-order valence-electron chi connectivity index (χ1n) is 7.43. The molecule has 0 aliphatic carbocycles. The Kier molecular flexibility index (Phi) is 3.83. The Morgan fingerprint density at radius 3 is 2.11 bits per heavy atom. The topological polar surface area (TPSA) is 20.3 Å². The number of benzene rings is 2. The predicted octanol–water partition coefficient (Wildman–Crippen LogP) is 3.28. The Morgan fingerprint density at radius 2 is 1.53 bits per heavy atom. The SMILES string of the molecule is [2H]C(C(=O)N(C)Cc1ccccc1)C([2H])c1ccccc1. The number of carbonyl (C=O) groups is 1. The van der Waals surface area contributed by atoms with E-state index in [1.807, 2.05) is 48.5 Å². The van der Waals surface area contributed by atoms with Crippen LogP contribution in [0.1, 0.15) is 20.3 Å². The molecular formula is C17H19NO. The minimum atomic E-state index is -1.11. The molecule has 0 heterocycles. The molecule has 0 saturated heterocycles. The van der Waals surface area contributed by atoms with Crippen molar-refractivity contribution in [2.75, 3.05) is 7.05 Å². The number of hydrogen-bond donors (Lipinski definition) is 0. The summed E-state index contributed by atoms with van der Waals surface area (Å²) in [6.45, 7) is 0.455. The van der Waals surface area contributed by atoms with Crippen LogP contribution >= 0.6 is 0 Å². The summed E-state index contributed by atoms with van der Waals surface area (Å²) in [5.74, 6) is -0.331. The largest absolute Gasteiger partial charge is 0.341 e. The van der Waals surface area contributed by atoms with Crippen molar-refractivity contribution in [2.24, 2.45) is 0 Å². The lowest BCUT2D eigenvalue weighted by molar-refractivity contribution is -0.130. The molecule has 0 bridgehead atoms. The lowest BCUT2D eigenvalue weighted by atomic mass is 10.1. The maximum atomic E-state index is 12.3. The molecule has 2 aromatic rings. The fourth-order valence-electron chi connectivity index (χ4n) is 1.79. The molecule has 2 heteroatoms. The number of hydrogen-bond acceptors (Lipinski definition) is 1. The second-order valence-electron chi connectivity index (χ2n) is 4.42. The van der Waals surface area contributed by atoms with Gasteiger partial charge in [0, 0.05) is 22.7 Å². The molecule has 0 saturated carbocycles. The van der Waals surface area contributed by atoms with Crippen LogP contribution in [-0.4, -0.2) is 17.9 Å². The lowest BCUT2D eigenvalue weighted by Crippen LogP contribution is -2.26. The monoisotopic (exact) mass is 255 g/mol. The minimum Gasteiger partial charge on any atom is -0.341 e. The summed E-state index contributed by atoms with van der Waals surface area (Å²) in [6, 6.07) is 18.7. The highest BCUT2D eigenvalue weighted by Crippen LogP contribution is 2.07. The zero-order valence-electron chi connectivity index (χ0n) is 13.0. The van der Waals surface area contributed by atoms with Gasteiger partial charge in [-0.3, -0.25) is 4.79 Å². The third kappa shape index (κ3) is 4.25. The molecule has 98 valence electrons. The fourth-order valence-corrected chi connectivity index (χ4v) is 1.79. The van der Waals surface area contributed by atoms with E-state index in [-0.39, 0.29) is 5.91 Å². The number of rotatable bonds is 5. The van der Waals surface area contributed by atoms with E-state index in [4.69, 9.17) is 2.74 Å². The molecule has 0 N–H and O–H groups in total. The number of amides is 1.